The Morgan fingerprint density at radius 3 is 2.71 bits per heavy atom. The van der Waals surface area contributed by atoms with Gasteiger partial charge in [0.05, 0.1) is 4.88 Å². The van der Waals surface area contributed by atoms with E-state index in [1.54, 1.807) is 0 Å². The maximum Gasteiger partial charge on any atom is 0.172 e. The van der Waals surface area contributed by atoms with Gasteiger partial charge >= 0.3 is 0 Å². The molecule has 0 aliphatic heterocycles. The summed E-state index contributed by atoms with van der Waals surface area (Å²) in [5.41, 5.74) is 5.55. The van der Waals surface area contributed by atoms with Gasteiger partial charge in [-0.05, 0) is 42.3 Å². The standard InChI is InChI=1S/C10H14BrNOS/c1-10(2,12)4-3-8(13)9-5-7(11)6-14-9/h5-6H,3-4,12H2,1-2H3. The molecule has 0 amide bonds. The molecule has 0 aliphatic rings. The number of hydrogen-bond donors (Lipinski definition) is 1. The van der Waals surface area contributed by atoms with Gasteiger partial charge in [0.15, 0.2) is 5.78 Å². The summed E-state index contributed by atoms with van der Waals surface area (Å²) in [5, 5.41) is 1.92. The van der Waals surface area contributed by atoms with Gasteiger partial charge in [0.2, 0.25) is 0 Å². The Morgan fingerprint density at radius 2 is 2.29 bits per heavy atom. The van der Waals surface area contributed by atoms with Gasteiger partial charge in [-0.2, -0.15) is 0 Å². The molecule has 0 aromatic carbocycles. The van der Waals surface area contributed by atoms with Crippen molar-refractivity contribution in [3.8, 4) is 0 Å². The molecule has 1 aromatic heterocycles. The first-order valence-electron chi connectivity index (χ1n) is 4.44. The van der Waals surface area contributed by atoms with E-state index in [1.165, 1.54) is 11.3 Å². The maximum absolute atomic E-state index is 11.6. The Balaban J connectivity index is 2.52. The Kier molecular flexibility index (Phi) is 3.86. The fraction of sp³-hybridized carbons (Fsp3) is 0.500. The Hall–Kier alpha value is -0.190. The molecular weight excluding hydrogens is 262 g/mol. The minimum atomic E-state index is -0.260. The highest BCUT2D eigenvalue weighted by molar-refractivity contribution is 9.10. The Morgan fingerprint density at radius 1 is 1.64 bits per heavy atom. The zero-order valence-electron chi connectivity index (χ0n) is 8.34. The second-order valence-electron chi connectivity index (χ2n) is 4.04. The fourth-order valence-electron chi connectivity index (χ4n) is 1.02. The van der Waals surface area contributed by atoms with Crippen LogP contribution in [0.2, 0.25) is 0 Å². The third-order valence-electron chi connectivity index (χ3n) is 1.84. The van der Waals surface area contributed by atoms with Crippen LogP contribution in [0.15, 0.2) is 15.9 Å². The molecular formula is C10H14BrNOS. The van der Waals surface area contributed by atoms with Crippen molar-refractivity contribution >= 4 is 33.0 Å². The molecule has 0 saturated heterocycles. The van der Waals surface area contributed by atoms with Gasteiger partial charge < -0.3 is 5.73 Å². The number of carbonyl (C=O) groups is 1. The van der Waals surface area contributed by atoms with E-state index in [-0.39, 0.29) is 11.3 Å². The largest absolute Gasteiger partial charge is 0.326 e. The molecule has 14 heavy (non-hydrogen) atoms. The van der Waals surface area contributed by atoms with E-state index in [9.17, 15) is 4.79 Å². The Bertz CT molecular complexity index is 327. The average molecular weight is 276 g/mol. The van der Waals surface area contributed by atoms with Crippen LogP contribution in [0.4, 0.5) is 0 Å². The molecule has 1 aromatic rings. The highest BCUT2D eigenvalue weighted by atomic mass is 79.9. The van der Waals surface area contributed by atoms with Gasteiger partial charge in [-0.15, -0.1) is 11.3 Å². The average Bonchev–Trinajstić information content (AvgIpc) is 2.46. The van der Waals surface area contributed by atoms with E-state index in [0.717, 1.165) is 15.8 Å². The second-order valence-corrected chi connectivity index (χ2v) is 5.87. The number of ketones is 1. The molecule has 1 rings (SSSR count). The van der Waals surface area contributed by atoms with Crippen LogP contribution in [0.5, 0.6) is 0 Å². The van der Waals surface area contributed by atoms with Crippen LogP contribution in [-0.2, 0) is 0 Å². The Labute approximate surface area is 96.6 Å². The predicted molar refractivity (Wildman–Crippen MR) is 63.8 cm³/mol. The first-order valence-corrected chi connectivity index (χ1v) is 6.12. The summed E-state index contributed by atoms with van der Waals surface area (Å²) in [4.78, 5) is 12.4. The maximum atomic E-state index is 11.6. The summed E-state index contributed by atoms with van der Waals surface area (Å²) in [6.07, 6.45) is 1.25. The minimum absolute atomic E-state index is 0.180. The third-order valence-corrected chi connectivity index (χ3v) is 3.57. The van der Waals surface area contributed by atoms with E-state index in [0.29, 0.717) is 6.42 Å². The normalized spacial score (nSPS) is 11.7. The first kappa shape index (κ1) is 11.9. The SMILES string of the molecule is CC(C)(N)CCC(=O)c1cc(Br)cs1. The van der Waals surface area contributed by atoms with Crippen molar-refractivity contribution in [3.63, 3.8) is 0 Å². The zero-order chi connectivity index (χ0) is 10.8. The van der Waals surface area contributed by atoms with Crippen molar-refractivity contribution in [2.24, 2.45) is 5.73 Å². The number of carbonyl (C=O) groups excluding carboxylic acids is 1. The van der Waals surface area contributed by atoms with Crippen LogP contribution in [0, 0.1) is 0 Å². The quantitative estimate of drug-likeness (QED) is 0.858. The number of hydrogen-bond acceptors (Lipinski definition) is 3. The van der Waals surface area contributed by atoms with Crippen LogP contribution in [0.1, 0.15) is 36.4 Å². The topological polar surface area (TPSA) is 43.1 Å². The van der Waals surface area contributed by atoms with Crippen LogP contribution in [-0.4, -0.2) is 11.3 Å². The van der Waals surface area contributed by atoms with Gasteiger partial charge in [-0.1, -0.05) is 0 Å². The summed E-state index contributed by atoms with van der Waals surface area (Å²) in [5.74, 6) is 0.180. The first-order chi connectivity index (χ1) is 6.38. The highest BCUT2D eigenvalue weighted by Gasteiger charge is 2.15. The molecule has 0 spiro atoms. The number of nitrogens with two attached hydrogens (primary N) is 1. The predicted octanol–water partition coefficient (Wildman–Crippen LogP) is 3.21. The second kappa shape index (κ2) is 4.55. The molecule has 0 unspecified atom stereocenters. The lowest BCUT2D eigenvalue weighted by atomic mass is 9.98. The number of thiophene rings is 1. The molecule has 0 bridgehead atoms. The number of rotatable bonds is 4. The van der Waals surface area contributed by atoms with Crippen molar-refractivity contribution in [2.45, 2.75) is 32.2 Å². The summed E-state index contributed by atoms with van der Waals surface area (Å²) >= 11 is 4.80. The lowest BCUT2D eigenvalue weighted by Crippen LogP contribution is -2.32. The molecule has 2 N–H and O–H groups in total. The molecule has 0 atom stereocenters. The lowest BCUT2D eigenvalue weighted by molar-refractivity contribution is 0.0976. The van der Waals surface area contributed by atoms with Crippen molar-refractivity contribution < 1.29 is 4.79 Å². The lowest BCUT2D eigenvalue weighted by Gasteiger charge is -2.16. The van der Waals surface area contributed by atoms with Crippen molar-refractivity contribution in [3.05, 3.63) is 20.8 Å². The number of Topliss-reactive ketones (excluding diaryl/α,β-unsaturated/α-hetero) is 1. The van der Waals surface area contributed by atoms with Crippen molar-refractivity contribution in [1.29, 1.82) is 0 Å². The molecule has 0 aliphatic carbocycles. The van der Waals surface area contributed by atoms with Crippen molar-refractivity contribution in [2.75, 3.05) is 0 Å². The molecule has 1 heterocycles. The van der Waals surface area contributed by atoms with Crippen molar-refractivity contribution in [1.82, 2.24) is 0 Å². The molecule has 4 heteroatoms. The van der Waals surface area contributed by atoms with Crippen LogP contribution in [0.3, 0.4) is 0 Å². The highest BCUT2D eigenvalue weighted by Crippen LogP contribution is 2.22. The van der Waals surface area contributed by atoms with Gasteiger partial charge in [0.25, 0.3) is 0 Å². The monoisotopic (exact) mass is 275 g/mol. The summed E-state index contributed by atoms with van der Waals surface area (Å²) < 4.78 is 0.970. The molecule has 78 valence electrons. The summed E-state index contributed by atoms with van der Waals surface area (Å²) in [6.45, 7) is 3.87. The smallest absolute Gasteiger partial charge is 0.172 e. The third kappa shape index (κ3) is 3.90. The van der Waals surface area contributed by atoms with E-state index >= 15 is 0 Å². The molecule has 0 fully saturated rings. The zero-order valence-corrected chi connectivity index (χ0v) is 10.7. The fourth-order valence-corrected chi connectivity index (χ4v) is 2.42. The van der Waals surface area contributed by atoms with E-state index in [1.807, 2.05) is 25.3 Å². The number of halogens is 1. The molecule has 0 saturated carbocycles. The summed E-state index contributed by atoms with van der Waals surface area (Å²) in [6, 6.07) is 1.86. The van der Waals surface area contributed by atoms with Crippen LogP contribution >= 0.6 is 27.3 Å². The minimum Gasteiger partial charge on any atom is -0.326 e. The summed E-state index contributed by atoms with van der Waals surface area (Å²) in [7, 11) is 0. The van der Waals surface area contributed by atoms with Gasteiger partial charge in [0.1, 0.15) is 0 Å². The van der Waals surface area contributed by atoms with Gasteiger partial charge in [0, 0.05) is 21.8 Å². The molecule has 0 radical (unpaired) electrons. The van der Waals surface area contributed by atoms with Crippen LogP contribution < -0.4 is 5.73 Å². The van der Waals surface area contributed by atoms with E-state index in [2.05, 4.69) is 15.9 Å². The van der Waals surface area contributed by atoms with E-state index < -0.39 is 0 Å². The van der Waals surface area contributed by atoms with E-state index in [4.69, 9.17) is 5.73 Å². The van der Waals surface area contributed by atoms with Gasteiger partial charge in [-0.25, -0.2) is 0 Å². The molecule has 2 nitrogen and oxygen atoms in total. The van der Waals surface area contributed by atoms with Crippen LogP contribution in [0.25, 0.3) is 0 Å². The van der Waals surface area contributed by atoms with Gasteiger partial charge in [-0.3, -0.25) is 4.79 Å².